The van der Waals surface area contributed by atoms with Crippen LogP contribution in [-0.2, 0) is 20.1 Å². The number of benzene rings is 4. The van der Waals surface area contributed by atoms with Gasteiger partial charge in [0.15, 0.2) is 0 Å². The quantitative estimate of drug-likeness (QED) is 0.0811. The van der Waals surface area contributed by atoms with Crippen LogP contribution in [-0.4, -0.2) is 25.7 Å². The van der Waals surface area contributed by atoms with Gasteiger partial charge >= 0.3 is 5.78 Å². The summed E-state index contributed by atoms with van der Waals surface area (Å²) in [5, 5.41) is 10.7. The van der Waals surface area contributed by atoms with Crippen LogP contribution in [0, 0.1) is 12.1 Å². The van der Waals surface area contributed by atoms with E-state index >= 15 is 0 Å². The topological polar surface area (TPSA) is 67.4 Å². The molecule has 8 rings (SSSR count). The van der Waals surface area contributed by atoms with Crippen molar-refractivity contribution in [2.45, 2.75) is 13.8 Å². The van der Waals surface area contributed by atoms with Crippen molar-refractivity contribution in [3.05, 3.63) is 170 Å². The molecule has 0 aliphatic heterocycles. The zero-order valence-electron chi connectivity index (χ0n) is 27.4. The molecule has 0 aliphatic carbocycles. The van der Waals surface area contributed by atoms with Crippen molar-refractivity contribution < 1.29 is 30.0 Å². The van der Waals surface area contributed by atoms with Crippen molar-refractivity contribution in [2.75, 3.05) is 0 Å². The Kier molecular flexibility index (Phi) is 12.7. The fourth-order valence-electron chi connectivity index (χ4n) is 5.03. The third-order valence-electron chi connectivity index (χ3n) is 7.32. The summed E-state index contributed by atoms with van der Waals surface area (Å²) in [6.45, 7) is 3.00. The van der Waals surface area contributed by atoms with Gasteiger partial charge < -0.3 is 35.2 Å². The zero-order valence-corrected chi connectivity index (χ0v) is 31.4. The third-order valence-corrected chi connectivity index (χ3v) is 9.50. The predicted octanol–water partition coefficient (Wildman–Crippen LogP) is 11.9. The first-order chi connectivity index (χ1) is 23.9. The van der Waals surface area contributed by atoms with Gasteiger partial charge in [-0.15, -0.1) is 47.2 Å². The number of thiophene rings is 2. The molecule has 0 saturated carbocycles. The van der Waals surface area contributed by atoms with E-state index in [9.17, 15) is 0 Å². The molecule has 4 aromatic carbocycles. The molecule has 0 fully saturated rings. The second-order valence-corrected chi connectivity index (χ2v) is 13.2. The Morgan fingerprint density at radius 3 is 1.28 bits per heavy atom. The van der Waals surface area contributed by atoms with Gasteiger partial charge in [-0.1, -0.05) is 109 Å². The van der Waals surface area contributed by atoms with E-state index in [1.165, 1.54) is 40.5 Å². The molecule has 2 N–H and O–H groups in total. The van der Waals surface area contributed by atoms with E-state index in [4.69, 9.17) is 9.90 Å². The van der Waals surface area contributed by atoms with Crippen LogP contribution in [0.25, 0.3) is 63.6 Å². The normalized spacial score (nSPS) is 10.7. The second kappa shape index (κ2) is 17.6. The van der Waals surface area contributed by atoms with Crippen molar-refractivity contribution in [3.8, 4) is 43.4 Å². The summed E-state index contributed by atoms with van der Waals surface area (Å²) in [5.74, 6) is 0.250. The van der Waals surface area contributed by atoms with Gasteiger partial charge in [0, 0.05) is 23.8 Å². The van der Waals surface area contributed by atoms with Crippen molar-refractivity contribution in [1.29, 1.82) is 0 Å². The number of rotatable bonds is 5. The van der Waals surface area contributed by atoms with E-state index in [2.05, 4.69) is 107 Å². The number of carbonyl (C=O) groups excluding carboxylic acids is 1. The molecule has 0 unspecified atom stereocenters. The predicted molar refractivity (Wildman–Crippen MR) is 208 cm³/mol. The van der Waals surface area contributed by atoms with E-state index in [1.54, 1.807) is 22.7 Å². The van der Waals surface area contributed by atoms with Gasteiger partial charge in [0.25, 0.3) is 0 Å². The average Bonchev–Trinajstić information content (AvgIpc) is 3.78. The Hall–Kier alpha value is -5.04. The van der Waals surface area contributed by atoms with Gasteiger partial charge in [0.2, 0.25) is 0 Å². The molecule has 7 heteroatoms. The van der Waals surface area contributed by atoms with Crippen LogP contribution < -0.4 is 0 Å². The molecular weight excluding hydrogens is 833 g/mol. The average molecular weight is 866 g/mol. The smallest absolute Gasteiger partial charge is 0.316 e. The summed E-state index contributed by atoms with van der Waals surface area (Å²) in [4.78, 5) is 19.8. The van der Waals surface area contributed by atoms with E-state index in [0.29, 0.717) is 0 Å². The number of aliphatic hydroxyl groups is 1. The number of hydrogen-bond acceptors (Lipinski definition) is 5. The number of ketones is 1. The molecule has 0 bridgehead atoms. The van der Waals surface area contributed by atoms with Crippen molar-refractivity contribution in [1.82, 2.24) is 9.97 Å². The maximum atomic E-state index is 8.40. The summed E-state index contributed by atoms with van der Waals surface area (Å²) in [7, 11) is 0. The van der Waals surface area contributed by atoms with Gasteiger partial charge in [-0.3, -0.25) is 4.79 Å². The number of nitrogens with zero attached hydrogens (tertiary/aromatic N) is 2. The maximum absolute atomic E-state index is 8.40. The Morgan fingerprint density at radius 1 is 0.560 bits per heavy atom. The molecule has 252 valence electrons. The molecule has 4 aromatic heterocycles. The number of aromatic nitrogens is 2. The number of allylic oxidation sites excluding steroid dienone is 2. The number of hydrogen-bond donors (Lipinski definition) is 1. The van der Waals surface area contributed by atoms with E-state index in [0.717, 1.165) is 43.0 Å². The van der Waals surface area contributed by atoms with Crippen molar-refractivity contribution >= 4 is 48.6 Å². The fraction of sp³-hybridized carbons (Fsp3) is 0.0465. The van der Waals surface area contributed by atoms with Gasteiger partial charge in [-0.2, -0.15) is 0 Å². The van der Waals surface area contributed by atoms with E-state index in [-0.39, 0.29) is 31.6 Å². The first-order valence-corrected chi connectivity index (χ1v) is 17.3. The molecule has 4 nitrogen and oxygen atoms in total. The van der Waals surface area contributed by atoms with E-state index in [1.807, 2.05) is 60.9 Å². The third kappa shape index (κ3) is 9.56. The Balaban J connectivity index is 0.000000162. The second-order valence-electron chi connectivity index (χ2n) is 11.1. The standard InChI is InChI=1S/2C19H12NS.C5H8O2.Ir/c2*1-2-6-14(7-3-1)16-10-11-17(20-13-16)19-12-15-8-4-5-9-18(15)21-19;1-4(6)3-5(2)7;/h2*1-11,13H;3,6H,1-2H3;/q2*-1;;-3/p+1/b;;4-3-;. The molecule has 50 heavy (non-hydrogen) atoms. The monoisotopic (exact) mass is 866 g/mol. The van der Waals surface area contributed by atoms with Gasteiger partial charge in [0.1, 0.15) is 0 Å². The fourth-order valence-corrected chi connectivity index (χ4v) is 6.99. The molecule has 4 heterocycles. The molecular formula is C43H33IrN2O2S2-4. The van der Waals surface area contributed by atoms with Gasteiger partial charge in [-0.25, -0.2) is 22.7 Å². The number of aliphatic hydroxyl groups excluding tert-OH is 1. The molecule has 0 saturated heterocycles. The van der Waals surface area contributed by atoms with Gasteiger partial charge in [-0.05, 0) is 48.3 Å². The zero-order chi connectivity index (χ0) is 34.0. The Morgan fingerprint density at radius 2 is 0.960 bits per heavy atom. The summed E-state index contributed by atoms with van der Waals surface area (Å²) < 4.78 is 2.50. The summed E-state index contributed by atoms with van der Waals surface area (Å²) >= 11 is 3.47. The molecule has 0 spiro atoms. The molecule has 0 radical (unpaired) electrons. The van der Waals surface area contributed by atoms with Crippen LogP contribution in [0.3, 0.4) is 0 Å². The summed E-state index contributed by atoms with van der Waals surface area (Å²) in [5.41, 5.74) is 6.63. The largest absolute Gasteiger partial charge is 3.00 e. The van der Waals surface area contributed by atoms with Crippen LogP contribution in [0.2, 0.25) is 0 Å². The first-order valence-electron chi connectivity index (χ1n) is 15.7. The van der Waals surface area contributed by atoms with Crippen LogP contribution in [0.15, 0.2) is 158 Å². The van der Waals surface area contributed by atoms with Crippen molar-refractivity contribution in [2.24, 2.45) is 0 Å². The summed E-state index contributed by atoms with van der Waals surface area (Å²) in [6.07, 6.45) is 5.14. The SMILES string of the molecule is CC(=[OH+])/C=C(/C)O.[Ir-3].[c-]1c(-c2ccc(-c3ccccc3)cn2)sc2ccccc12.[c-]1c(-c2ccc(-c3ccccc3)cn2)sc2ccccc12. The number of pyridine rings is 2. The molecule has 0 aliphatic rings. The van der Waals surface area contributed by atoms with Crippen LogP contribution in [0.4, 0.5) is 0 Å². The van der Waals surface area contributed by atoms with E-state index < -0.39 is 0 Å². The first kappa shape index (κ1) is 36.2. The minimum atomic E-state index is 0. The molecule has 8 aromatic rings. The van der Waals surface area contributed by atoms with Crippen LogP contribution in [0.5, 0.6) is 0 Å². The minimum absolute atomic E-state index is 0. The van der Waals surface area contributed by atoms with Crippen molar-refractivity contribution in [3.63, 3.8) is 0 Å². The Bertz CT molecular complexity index is 2090. The van der Waals surface area contributed by atoms with Crippen LogP contribution >= 0.6 is 22.7 Å². The van der Waals surface area contributed by atoms with Crippen LogP contribution in [0.1, 0.15) is 13.8 Å². The number of fused-ring (bicyclic) bond motifs is 2. The minimum Gasteiger partial charge on any atom is -3.00 e. The Labute approximate surface area is 313 Å². The summed E-state index contributed by atoms with van der Waals surface area (Å²) in [6, 6.07) is 52.5. The molecule has 0 atom stereocenters. The van der Waals surface area contributed by atoms with Gasteiger partial charge in [0.05, 0.1) is 18.8 Å². The maximum Gasteiger partial charge on any atom is 0.316 e. The molecule has 0 amide bonds.